The summed E-state index contributed by atoms with van der Waals surface area (Å²) in [6.07, 6.45) is 5.75. The van der Waals surface area contributed by atoms with E-state index < -0.39 is 0 Å². The van der Waals surface area contributed by atoms with Gasteiger partial charge in [0.1, 0.15) is 0 Å². The van der Waals surface area contributed by atoms with Crippen molar-refractivity contribution in [2.75, 3.05) is 20.3 Å². The molecule has 0 aromatic rings. The van der Waals surface area contributed by atoms with E-state index in [0.717, 1.165) is 49.8 Å². The second-order valence-corrected chi connectivity index (χ2v) is 10.4. The van der Waals surface area contributed by atoms with E-state index in [2.05, 4.69) is 39.5 Å². The summed E-state index contributed by atoms with van der Waals surface area (Å²) in [6.45, 7) is 12.4. The standard InChI is InChI=1S/C24H37NO3/c1-7-9-16-21-17(12-23(2,3)14-19(21)26)25(10-8-11-28-6)18-13-24(4,5)15-20(27)22(16)18/h16H,7-15H2,1-6H3. The number of ether oxygens (including phenoxy) is 1. The molecule has 0 fully saturated rings. The fourth-order valence-corrected chi connectivity index (χ4v) is 5.40. The molecule has 4 heteroatoms. The number of carbonyl (C=O) groups excluding carboxylic acids is 2. The summed E-state index contributed by atoms with van der Waals surface area (Å²) >= 11 is 0. The van der Waals surface area contributed by atoms with Crippen molar-refractivity contribution in [1.82, 2.24) is 4.90 Å². The zero-order chi connectivity index (χ0) is 20.7. The van der Waals surface area contributed by atoms with Crippen LogP contribution in [0.25, 0.3) is 0 Å². The first kappa shape index (κ1) is 21.3. The van der Waals surface area contributed by atoms with Gasteiger partial charge in [-0.2, -0.15) is 0 Å². The Morgan fingerprint density at radius 2 is 1.43 bits per heavy atom. The SMILES string of the molecule is CCCC1C2=C(CC(C)(C)CC2=O)N(CCCOC)C2=C1C(=O)CC(C)(C)C2. The summed E-state index contributed by atoms with van der Waals surface area (Å²) in [5.74, 6) is 0.511. The Balaban J connectivity index is 2.14. The van der Waals surface area contributed by atoms with Crippen LogP contribution in [0.4, 0.5) is 0 Å². The van der Waals surface area contributed by atoms with E-state index in [1.807, 2.05) is 0 Å². The largest absolute Gasteiger partial charge is 0.385 e. The summed E-state index contributed by atoms with van der Waals surface area (Å²) in [5, 5.41) is 0. The van der Waals surface area contributed by atoms with Gasteiger partial charge in [-0.15, -0.1) is 0 Å². The van der Waals surface area contributed by atoms with Crippen molar-refractivity contribution < 1.29 is 14.3 Å². The second kappa shape index (κ2) is 7.78. The van der Waals surface area contributed by atoms with Crippen LogP contribution in [-0.4, -0.2) is 36.7 Å². The fraction of sp³-hybridized carbons (Fsp3) is 0.750. The van der Waals surface area contributed by atoms with E-state index in [9.17, 15) is 9.59 Å². The quantitative estimate of drug-likeness (QED) is 0.599. The lowest BCUT2D eigenvalue weighted by atomic mass is 9.64. The molecule has 1 heterocycles. The van der Waals surface area contributed by atoms with Crippen LogP contribution >= 0.6 is 0 Å². The van der Waals surface area contributed by atoms with Gasteiger partial charge >= 0.3 is 0 Å². The van der Waals surface area contributed by atoms with Crippen molar-refractivity contribution >= 4 is 11.6 Å². The molecule has 0 aromatic carbocycles. The maximum absolute atomic E-state index is 13.3. The third kappa shape index (κ3) is 3.98. The van der Waals surface area contributed by atoms with Crippen molar-refractivity contribution in [3.05, 3.63) is 22.5 Å². The minimum absolute atomic E-state index is 0.000810. The lowest BCUT2D eigenvalue weighted by molar-refractivity contribution is -0.120. The molecule has 0 bridgehead atoms. The zero-order valence-corrected chi connectivity index (χ0v) is 18.6. The summed E-state index contributed by atoms with van der Waals surface area (Å²) in [6, 6.07) is 0. The van der Waals surface area contributed by atoms with Crippen LogP contribution in [-0.2, 0) is 14.3 Å². The van der Waals surface area contributed by atoms with E-state index >= 15 is 0 Å². The van der Waals surface area contributed by atoms with Gasteiger partial charge in [-0.3, -0.25) is 9.59 Å². The number of nitrogens with zero attached hydrogens (tertiary/aromatic N) is 1. The number of methoxy groups -OCH3 is 1. The van der Waals surface area contributed by atoms with Gasteiger partial charge in [-0.05, 0) is 36.5 Å². The van der Waals surface area contributed by atoms with Gasteiger partial charge in [-0.1, -0.05) is 41.0 Å². The normalized spacial score (nSPS) is 24.6. The highest BCUT2D eigenvalue weighted by atomic mass is 16.5. The number of hydrogen-bond acceptors (Lipinski definition) is 4. The Morgan fingerprint density at radius 3 is 1.86 bits per heavy atom. The molecule has 2 aliphatic carbocycles. The summed E-state index contributed by atoms with van der Waals surface area (Å²) in [7, 11) is 1.73. The van der Waals surface area contributed by atoms with Gasteiger partial charge in [0.05, 0.1) is 0 Å². The third-order valence-electron chi connectivity index (χ3n) is 6.45. The second-order valence-electron chi connectivity index (χ2n) is 10.4. The van der Waals surface area contributed by atoms with Gasteiger partial charge < -0.3 is 9.64 Å². The highest BCUT2D eigenvalue weighted by Gasteiger charge is 2.47. The van der Waals surface area contributed by atoms with Gasteiger partial charge in [0.15, 0.2) is 11.6 Å². The van der Waals surface area contributed by atoms with Crippen LogP contribution in [0.1, 0.15) is 79.6 Å². The van der Waals surface area contributed by atoms with Crippen molar-refractivity contribution in [2.45, 2.75) is 79.6 Å². The number of hydrogen-bond donors (Lipinski definition) is 0. The number of ketones is 2. The van der Waals surface area contributed by atoms with Crippen molar-refractivity contribution in [1.29, 1.82) is 0 Å². The highest BCUT2D eigenvalue weighted by Crippen LogP contribution is 2.52. The maximum Gasteiger partial charge on any atom is 0.161 e. The average molecular weight is 388 g/mol. The van der Waals surface area contributed by atoms with Crippen molar-refractivity contribution in [3.8, 4) is 0 Å². The van der Waals surface area contributed by atoms with Gasteiger partial charge in [0.2, 0.25) is 0 Å². The van der Waals surface area contributed by atoms with Crippen LogP contribution < -0.4 is 0 Å². The molecule has 0 aromatic heterocycles. The Morgan fingerprint density at radius 1 is 0.929 bits per heavy atom. The molecule has 156 valence electrons. The minimum Gasteiger partial charge on any atom is -0.385 e. The Labute approximate surface area is 170 Å². The summed E-state index contributed by atoms with van der Waals surface area (Å²) < 4.78 is 5.30. The van der Waals surface area contributed by atoms with Gasteiger partial charge in [-0.25, -0.2) is 0 Å². The molecule has 28 heavy (non-hydrogen) atoms. The van der Waals surface area contributed by atoms with E-state index in [4.69, 9.17) is 4.74 Å². The van der Waals surface area contributed by atoms with E-state index in [-0.39, 0.29) is 28.3 Å². The first-order chi connectivity index (χ1) is 13.1. The molecule has 0 spiro atoms. The Hall–Kier alpha value is -1.42. The Bertz CT molecular complexity index is 672. The number of Topliss-reactive ketones (excluding diaryl/α,β-unsaturated/α-hetero) is 2. The lowest BCUT2D eigenvalue weighted by Crippen LogP contribution is -2.45. The van der Waals surface area contributed by atoms with Crippen LogP contribution in [0.2, 0.25) is 0 Å². The van der Waals surface area contributed by atoms with Crippen molar-refractivity contribution in [2.24, 2.45) is 16.7 Å². The molecule has 0 amide bonds. The molecule has 0 unspecified atom stereocenters. The molecule has 1 aliphatic heterocycles. The predicted octanol–water partition coefficient (Wildman–Crippen LogP) is 5.04. The molecular weight excluding hydrogens is 350 g/mol. The molecule has 3 aliphatic rings. The topological polar surface area (TPSA) is 46.6 Å². The van der Waals surface area contributed by atoms with Crippen LogP contribution in [0.15, 0.2) is 22.5 Å². The first-order valence-corrected chi connectivity index (χ1v) is 10.9. The Kier molecular flexibility index (Phi) is 5.91. The van der Waals surface area contributed by atoms with Gasteiger partial charge in [0, 0.05) is 61.6 Å². The average Bonchev–Trinajstić information content (AvgIpc) is 2.54. The van der Waals surface area contributed by atoms with Crippen LogP contribution in [0.3, 0.4) is 0 Å². The third-order valence-corrected chi connectivity index (χ3v) is 6.45. The fourth-order valence-electron chi connectivity index (χ4n) is 5.40. The van der Waals surface area contributed by atoms with E-state index in [1.165, 1.54) is 11.4 Å². The number of rotatable bonds is 6. The number of carbonyl (C=O) groups is 2. The molecule has 0 N–H and O–H groups in total. The molecule has 3 rings (SSSR count). The first-order valence-electron chi connectivity index (χ1n) is 10.9. The smallest absolute Gasteiger partial charge is 0.161 e. The minimum atomic E-state index is -0.0293. The molecule has 4 nitrogen and oxygen atoms in total. The monoisotopic (exact) mass is 387 g/mol. The van der Waals surface area contributed by atoms with Crippen molar-refractivity contribution in [3.63, 3.8) is 0 Å². The molecule has 0 saturated carbocycles. The molecular formula is C24H37NO3. The zero-order valence-electron chi connectivity index (χ0n) is 18.6. The number of allylic oxidation sites excluding steroid dienone is 4. The maximum atomic E-state index is 13.3. The molecule has 0 atom stereocenters. The van der Waals surface area contributed by atoms with E-state index in [1.54, 1.807) is 7.11 Å². The molecule has 0 radical (unpaired) electrons. The molecule has 0 saturated heterocycles. The summed E-state index contributed by atoms with van der Waals surface area (Å²) in [5.41, 5.74) is 4.23. The predicted molar refractivity (Wildman–Crippen MR) is 112 cm³/mol. The van der Waals surface area contributed by atoms with E-state index in [0.29, 0.717) is 19.4 Å². The summed E-state index contributed by atoms with van der Waals surface area (Å²) in [4.78, 5) is 28.9. The van der Waals surface area contributed by atoms with Crippen LogP contribution in [0, 0.1) is 16.7 Å². The van der Waals surface area contributed by atoms with Crippen LogP contribution in [0.5, 0.6) is 0 Å². The lowest BCUT2D eigenvalue weighted by Gasteiger charge is -2.49. The highest BCUT2D eigenvalue weighted by molar-refractivity contribution is 6.05. The van der Waals surface area contributed by atoms with Gasteiger partial charge in [0.25, 0.3) is 0 Å².